The van der Waals surface area contributed by atoms with Gasteiger partial charge in [-0.15, -0.1) is 0 Å². The summed E-state index contributed by atoms with van der Waals surface area (Å²) in [4.78, 5) is 30.2. The Morgan fingerprint density at radius 2 is 2.00 bits per heavy atom. The summed E-state index contributed by atoms with van der Waals surface area (Å²) in [7, 11) is 0. The van der Waals surface area contributed by atoms with Crippen molar-refractivity contribution in [3.8, 4) is 0 Å². The van der Waals surface area contributed by atoms with Gasteiger partial charge >= 0.3 is 6.09 Å². The van der Waals surface area contributed by atoms with Crippen LogP contribution in [0.2, 0.25) is 0 Å². The Hall–Kier alpha value is -3.09. The van der Waals surface area contributed by atoms with Gasteiger partial charge in [-0.3, -0.25) is 4.79 Å². The molecule has 1 aromatic carbocycles. The Balaban J connectivity index is 1.84. The maximum absolute atomic E-state index is 13.0. The van der Waals surface area contributed by atoms with E-state index in [1.165, 1.54) is 22.0 Å². The van der Waals surface area contributed by atoms with Gasteiger partial charge in [0.05, 0.1) is 23.3 Å². The van der Waals surface area contributed by atoms with Crippen molar-refractivity contribution in [2.24, 2.45) is 5.92 Å². The third kappa shape index (κ3) is 4.04. The summed E-state index contributed by atoms with van der Waals surface area (Å²) >= 11 is 0. The van der Waals surface area contributed by atoms with Crippen LogP contribution in [-0.4, -0.2) is 25.8 Å². The van der Waals surface area contributed by atoms with Crippen molar-refractivity contribution in [2.75, 3.05) is 5.73 Å². The molecule has 0 saturated heterocycles. The first-order chi connectivity index (χ1) is 13.7. The number of carbonyl (C=O) groups excluding carboxylic acids is 1. The van der Waals surface area contributed by atoms with E-state index < -0.39 is 11.7 Å². The van der Waals surface area contributed by atoms with Crippen LogP contribution in [0.25, 0.3) is 11.0 Å². The van der Waals surface area contributed by atoms with Crippen LogP contribution in [0.3, 0.4) is 0 Å². The van der Waals surface area contributed by atoms with Gasteiger partial charge < -0.3 is 15.0 Å². The summed E-state index contributed by atoms with van der Waals surface area (Å²) in [6.45, 7) is 5.60. The number of hydrogen-bond donors (Lipinski definition) is 1. The molecule has 1 saturated carbocycles. The molecule has 1 aliphatic carbocycles. The number of ether oxygens (including phenoxy) is 1. The average Bonchev–Trinajstić information content (AvgIpc) is 3.36. The van der Waals surface area contributed by atoms with E-state index in [4.69, 9.17) is 15.5 Å². The standard InChI is InChI=1S/C22H26N4O3/c1-22(2,3)29-21(28)26-17-8-4-6-15(12-14-9-10-14)19(17)24-18(26)13-25-11-5-7-16(23)20(25)27/h4-8,11,14H,9-10,12-13,23H2,1-3H3. The van der Waals surface area contributed by atoms with E-state index >= 15 is 0 Å². The SMILES string of the molecule is CC(C)(C)OC(=O)n1c(Cn2cccc(N)c2=O)nc2c(CC3CC3)cccc21. The average molecular weight is 394 g/mol. The van der Waals surface area contributed by atoms with Crippen molar-refractivity contribution in [1.82, 2.24) is 14.1 Å². The minimum Gasteiger partial charge on any atom is -0.443 e. The summed E-state index contributed by atoms with van der Waals surface area (Å²) in [5.74, 6) is 1.14. The van der Waals surface area contributed by atoms with Crippen molar-refractivity contribution in [1.29, 1.82) is 0 Å². The fourth-order valence-corrected chi connectivity index (χ4v) is 3.45. The lowest BCUT2D eigenvalue weighted by atomic mass is 10.1. The molecule has 0 radical (unpaired) electrons. The van der Waals surface area contributed by atoms with E-state index in [0.717, 1.165) is 17.5 Å². The number of nitrogens with two attached hydrogens (primary N) is 1. The molecule has 0 spiro atoms. The highest BCUT2D eigenvalue weighted by Crippen LogP contribution is 2.34. The number of nitrogens with zero attached hydrogens (tertiary/aromatic N) is 3. The Kier molecular flexibility index (Phi) is 4.68. The Bertz CT molecular complexity index is 1130. The second kappa shape index (κ2) is 7.06. The second-order valence-electron chi connectivity index (χ2n) is 8.67. The van der Waals surface area contributed by atoms with Crippen LogP contribution in [0.1, 0.15) is 45.0 Å². The van der Waals surface area contributed by atoms with E-state index in [9.17, 15) is 9.59 Å². The monoisotopic (exact) mass is 394 g/mol. The van der Waals surface area contributed by atoms with E-state index in [0.29, 0.717) is 17.3 Å². The lowest BCUT2D eigenvalue weighted by Crippen LogP contribution is -2.29. The van der Waals surface area contributed by atoms with Crippen LogP contribution < -0.4 is 11.3 Å². The maximum Gasteiger partial charge on any atom is 0.420 e. The predicted octanol–water partition coefficient (Wildman–Crippen LogP) is 3.56. The molecular formula is C22H26N4O3. The highest BCUT2D eigenvalue weighted by Gasteiger charge is 2.27. The molecule has 2 heterocycles. The van der Waals surface area contributed by atoms with Gasteiger partial charge in [0, 0.05) is 6.20 Å². The zero-order chi connectivity index (χ0) is 20.8. The number of rotatable bonds is 4. The molecule has 0 atom stereocenters. The molecule has 29 heavy (non-hydrogen) atoms. The summed E-state index contributed by atoms with van der Waals surface area (Å²) in [6.07, 6.45) is 4.54. The fraction of sp³-hybridized carbons (Fsp3) is 0.409. The van der Waals surface area contributed by atoms with Crippen molar-refractivity contribution >= 4 is 22.8 Å². The van der Waals surface area contributed by atoms with Gasteiger partial charge in [-0.1, -0.05) is 12.1 Å². The van der Waals surface area contributed by atoms with Crippen molar-refractivity contribution in [3.05, 3.63) is 58.3 Å². The first kappa shape index (κ1) is 19.2. The molecule has 0 amide bonds. The van der Waals surface area contributed by atoms with Crippen LogP contribution in [-0.2, 0) is 17.7 Å². The smallest absolute Gasteiger partial charge is 0.420 e. The van der Waals surface area contributed by atoms with Gasteiger partial charge in [-0.2, -0.15) is 0 Å². The summed E-state index contributed by atoms with van der Waals surface area (Å²) < 4.78 is 8.56. The van der Waals surface area contributed by atoms with Crippen molar-refractivity contribution in [2.45, 2.75) is 52.2 Å². The molecule has 4 rings (SSSR count). The summed E-state index contributed by atoms with van der Waals surface area (Å²) in [5.41, 5.74) is 7.57. The molecule has 1 aliphatic rings. The van der Waals surface area contributed by atoms with E-state index in [2.05, 4.69) is 6.07 Å². The Morgan fingerprint density at radius 3 is 2.69 bits per heavy atom. The lowest BCUT2D eigenvalue weighted by Gasteiger charge is -2.20. The molecule has 152 valence electrons. The third-order valence-corrected chi connectivity index (χ3v) is 4.98. The van der Waals surface area contributed by atoms with E-state index in [-0.39, 0.29) is 17.8 Å². The zero-order valence-corrected chi connectivity index (χ0v) is 17.0. The van der Waals surface area contributed by atoms with Gasteiger partial charge in [-0.05, 0) is 69.7 Å². The Morgan fingerprint density at radius 1 is 1.24 bits per heavy atom. The van der Waals surface area contributed by atoms with Gasteiger partial charge in [0.25, 0.3) is 5.56 Å². The largest absolute Gasteiger partial charge is 0.443 e. The maximum atomic E-state index is 13.0. The molecule has 7 heteroatoms. The number of para-hydroxylation sites is 1. The lowest BCUT2D eigenvalue weighted by molar-refractivity contribution is 0.0538. The number of fused-ring (bicyclic) bond motifs is 1. The van der Waals surface area contributed by atoms with Gasteiger partial charge in [0.2, 0.25) is 0 Å². The number of imidazole rings is 1. The number of hydrogen-bond acceptors (Lipinski definition) is 5. The second-order valence-corrected chi connectivity index (χ2v) is 8.67. The number of anilines is 1. The van der Waals surface area contributed by atoms with Crippen LogP contribution in [0, 0.1) is 5.92 Å². The first-order valence-corrected chi connectivity index (χ1v) is 9.90. The van der Waals surface area contributed by atoms with Gasteiger partial charge in [-0.25, -0.2) is 14.3 Å². The number of benzene rings is 1. The van der Waals surface area contributed by atoms with Crippen LogP contribution in [0.4, 0.5) is 10.5 Å². The number of carbonyl (C=O) groups is 1. The number of nitrogen functional groups attached to an aromatic ring is 1. The molecule has 0 unspecified atom stereocenters. The number of aromatic nitrogens is 3. The highest BCUT2D eigenvalue weighted by atomic mass is 16.6. The summed E-state index contributed by atoms with van der Waals surface area (Å²) in [6, 6.07) is 9.13. The minimum atomic E-state index is -0.648. The first-order valence-electron chi connectivity index (χ1n) is 9.90. The zero-order valence-electron chi connectivity index (χ0n) is 17.0. The number of pyridine rings is 1. The summed E-state index contributed by atoms with van der Waals surface area (Å²) in [5, 5.41) is 0. The molecule has 2 aromatic heterocycles. The molecule has 0 aliphatic heterocycles. The predicted molar refractivity (Wildman–Crippen MR) is 112 cm³/mol. The fourth-order valence-electron chi connectivity index (χ4n) is 3.45. The van der Waals surface area contributed by atoms with E-state index in [1.807, 2.05) is 32.9 Å². The van der Waals surface area contributed by atoms with Crippen molar-refractivity contribution in [3.63, 3.8) is 0 Å². The molecular weight excluding hydrogens is 368 g/mol. The molecule has 0 bridgehead atoms. The molecule has 2 N–H and O–H groups in total. The Labute approximate surface area is 169 Å². The normalized spacial score (nSPS) is 14.3. The molecule has 7 nitrogen and oxygen atoms in total. The molecule has 3 aromatic rings. The molecule has 1 fully saturated rings. The van der Waals surface area contributed by atoms with Gasteiger partial charge in [0.15, 0.2) is 0 Å². The highest BCUT2D eigenvalue weighted by molar-refractivity contribution is 5.89. The third-order valence-electron chi connectivity index (χ3n) is 4.98. The quantitative estimate of drug-likeness (QED) is 0.730. The van der Waals surface area contributed by atoms with E-state index in [1.54, 1.807) is 18.3 Å². The minimum absolute atomic E-state index is 0.126. The van der Waals surface area contributed by atoms with Crippen molar-refractivity contribution < 1.29 is 9.53 Å². The van der Waals surface area contributed by atoms with Gasteiger partial charge in [0.1, 0.15) is 11.4 Å². The topological polar surface area (TPSA) is 92.1 Å². The van der Waals surface area contributed by atoms with Crippen LogP contribution in [0.15, 0.2) is 41.3 Å². The van der Waals surface area contributed by atoms with Crippen LogP contribution in [0.5, 0.6) is 0 Å². The van der Waals surface area contributed by atoms with Crippen LogP contribution >= 0.6 is 0 Å².